The number of rotatable bonds is 86. The molecule has 0 spiro atoms. The number of aliphatic hydroxyl groups is 1. The van der Waals surface area contributed by atoms with E-state index < -0.39 is 97.5 Å². The van der Waals surface area contributed by atoms with Crippen LogP contribution in [0.3, 0.4) is 0 Å². The summed E-state index contributed by atoms with van der Waals surface area (Å²) in [6, 6.07) is 0. The quantitative estimate of drug-likeness (QED) is 0.0222. The number of carbonyl (C=O) groups excluding carboxylic acids is 4. The van der Waals surface area contributed by atoms with Crippen LogP contribution in [0.4, 0.5) is 0 Å². The van der Waals surface area contributed by atoms with E-state index in [-0.39, 0.29) is 25.7 Å². The van der Waals surface area contributed by atoms with Gasteiger partial charge < -0.3 is 33.8 Å². The van der Waals surface area contributed by atoms with Gasteiger partial charge in [0, 0.05) is 25.7 Å². The minimum atomic E-state index is -4.97. The monoisotopic (exact) mass is 1560 g/mol. The molecule has 0 aromatic rings. The van der Waals surface area contributed by atoms with Gasteiger partial charge in [-0.1, -0.05) is 414 Å². The van der Waals surface area contributed by atoms with Crippen LogP contribution in [-0.4, -0.2) is 96.7 Å². The lowest BCUT2D eigenvalue weighted by atomic mass is 9.99. The van der Waals surface area contributed by atoms with Gasteiger partial charge in [-0.3, -0.25) is 37.3 Å². The molecule has 0 saturated carbocycles. The molecular weight excluding hydrogens is 1390 g/mol. The molecule has 0 aliphatic heterocycles. The third kappa shape index (κ3) is 80.5. The van der Waals surface area contributed by atoms with Gasteiger partial charge >= 0.3 is 39.5 Å². The van der Waals surface area contributed by atoms with Crippen molar-refractivity contribution in [3.63, 3.8) is 0 Å². The number of unbranched alkanes of at least 4 members (excludes halogenated alkanes) is 53. The topological polar surface area (TPSA) is 237 Å². The Bertz CT molecular complexity index is 2060. The fourth-order valence-corrected chi connectivity index (χ4v) is 15.3. The van der Waals surface area contributed by atoms with Crippen molar-refractivity contribution >= 4 is 39.5 Å². The molecule has 0 radical (unpaired) electrons. The van der Waals surface area contributed by atoms with Gasteiger partial charge in [0.1, 0.15) is 19.3 Å². The molecule has 0 aliphatic rings. The molecule has 3 unspecified atom stereocenters. The normalized spacial score (nSPS) is 14.1. The average molecular weight is 1560 g/mol. The molecule has 0 bridgehead atoms. The van der Waals surface area contributed by atoms with Gasteiger partial charge in [0.05, 0.1) is 26.4 Å². The van der Waals surface area contributed by atoms with Crippen molar-refractivity contribution < 1.29 is 80.2 Å². The van der Waals surface area contributed by atoms with Crippen LogP contribution in [0, 0.1) is 17.8 Å². The summed E-state index contributed by atoms with van der Waals surface area (Å²) in [5.74, 6) is 0.269. The number of hydrogen-bond acceptors (Lipinski definition) is 15. The van der Waals surface area contributed by atoms with Crippen molar-refractivity contribution in [2.45, 2.75) is 484 Å². The molecule has 17 nitrogen and oxygen atoms in total. The standard InChI is InChI=1S/C88H172O17P2/c1-8-10-11-12-13-14-15-16-25-33-38-43-48-57-64-72-88(93)105-84(76-99-86(91)70-63-56-51-50-53-60-67-80(5)6)78-103-107(96,97)101-74-82(89)73-100-106(94,95)102-77-83(75-98-85(90)69-62-55-47-42-37-32-28-23-19-17-21-26-30-35-40-45-52-59-66-79(3)4)104-87(92)71-65-58-49-44-39-34-29-24-20-18-22-27-31-36-41-46-54-61-68-81(7)9-2/h79-84,89H,8-78H2,1-7H3,(H,94,95)(H,96,97)/t81?,82-,83-,84-/m1/s1. The largest absolute Gasteiger partial charge is 0.472 e. The number of ether oxygens (including phenoxy) is 4. The van der Waals surface area contributed by atoms with Gasteiger partial charge in [-0.25, -0.2) is 9.13 Å². The van der Waals surface area contributed by atoms with E-state index in [9.17, 15) is 43.2 Å². The number of carbonyl (C=O) groups is 4. The second-order valence-electron chi connectivity index (χ2n) is 32.8. The predicted molar refractivity (Wildman–Crippen MR) is 441 cm³/mol. The Labute approximate surface area is 658 Å². The summed E-state index contributed by atoms with van der Waals surface area (Å²) < 4.78 is 68.9. The summed E-state index contributed by atoms with van der Waals surface area (Å²) in [6.45, 7) is 12.0. The van der Waals surface area contributed by atoms with Gasteiger partial charge in [-0.2, -0.15) is 0 Å². The van der Waals surface area contributed by atoms with E-state index in [2.05, 4.69) is 48.5 Å². The summed E-state index contributed by atoms with van der Waals surface area (Å²) in [4.78, 5) is 73.2. The van der Waals surface area contributed by atoms with E-state index in [1.807, 2.05) is 0 Å². The summed E-state index contributed by atoms with van der Waals surface area (Å²) >= 11 is 0. The summed E-state index contributed by atoms with van der Waals surface area (Å²) in [5.41, 5.74) is 0. The van der Waals surface area contributed by atoms with Gasteiger partial charge in [0.2, 0.25) is 0 Å². The Morgan fingerprint density at radius 2 is 0.477 bits per heavy atom. The van der Waals surface area contributed by atoms with Crippen LogP contribution in [0.2, 0.25) is 0 Å². The van der Waals surface area contributed by atoms with Crippen LogP contribution >= 0.6 is 15.6 Å². The fraction of sp³-hybridized carbons (Fsp3) is 0.955. The van der Waals surface area contributed by atoms with Gasteiger partial charge in [0.25, 0.3) is 0 Å². The molecule has 3 N–H and O–H groups in total. The Kier molecular flexibility index (Phi) is 76.6. The second kappa shape index (κ2) is 78.0. The first-order valence-corrected chi connectivity index (χ1v) is 48.4. The van der Waals surface area contributed by atoms with E-state index in [1.54, 1.807) is 0 Å². The molecule has 0 fully saturated rings. The third-order valence-corrected chi connectivity index (χ3v) is 22.9. The molecule has 0 aromatic heterocycles. The maximum Gasteiger partial charge on any atom is 0.472 e. The fourth-order valence-electron chi connectivity index (χ4n) is 13.7. The number of hydrogen-bond donors (Lipinski definition) is 3. The molecule has 636 valence electrons. The van der Waals surface area contributed by atoms with Crippen LogP contribution in [0.5, 0.6) is 0 Å². The molecule has 0 aliphatic carbocycles. The molecule has 107 heavy (non-hydrogen) atoms. The van der Waals surface area contributed by atoms with Gasteiger partial charge in [-0.05, 0) is 43.4 Å². The SMILES string of the molecule is CCCCCCCCCCCCCCCCCC(=O)O[C@H](COC(=O)CCCCCCCCC(C)C)COP(=O)(O)OC[C@H](O)COP(=O)(O)OC[C@@H](COC(=O)CCCCCCCCCCCCCCCCCCCCC(C)C)OC(=O)CCCCCCCCCCCCCCCCCCCCC(C)CC. The zero-order chi connectivity index (χ0) is 78.6. The highest BCUT2D eigenvalue weighted by atomic mass is 31.2. The second-order valence-corrected chi connectivity index (χ2v) is 35.7. The van der Waals surface area contributed by atoms with Crippen molar-refractivity contribution in [1.82, 2.24) is 0 Å². The Morgan fingerprint density at radius 3 is 0.710 bits per heavy atom. The molecule has 6 atom stereocenters. The summed E-state index contributed by atoms with van der Waals surface area (Å²) in [7, 11) is -9.93. The smallest absolute Gasteiger partial charge is 0.462 e. The lowest BCUT2D eigenvalue weighted by molar-refractivity contribution is -0.161. The Morgan fingerprint density at radius 1 is 0.271 bits per heavy atom. The molecule has 0 aromatic carbocycles. The maximum atomic E-state index is 13.2. The van der Waals surface area contributed by atoms with E-state index >= 15 is 0 Å². The minimum absolute atomic E-state index is 0.107. The van der Waals surface area contributed by atoms with Crippen molar-refractivity contribution in [2.75, 3.05) is 39.6 Å². The van der Waals surface area contributed by atoms with E-state index in [1.165, 1.54) is 270 Å². The zero-order valence-corrected chi connectivity index (χ0v) is 72.4. The molecule has 0 heterocycles. The van der Waals surface area contributed by atoms with Crippen LogP contribution in [0.25, 0.3) is 0 Å². The molecule has 0 amide bonds. The molecular formula is C88H172O17P2. The lowest BCUT2D eigenvalue weighted by Crippen LogP contribution is -2.30. The summed E-state index contributed by atoms with van der Waals surface area (Å²) in [6.07, 6.45) is 69.7. The van der Waals surface area contributed by atoms with Gasteiger partial charge in [-0.15, -0.1) is 0 Å². The Balaban J connectivity index is 5.20. The van der Waals surface area contributed by atoms with Crippen LogP contribution in [0.1, 0.15) is 466 Å². The third-order valence-electron chi connectivity index (χ3n) is 21.0. The highest BCUT2D eigenvalue weighted by Gasteiger charge is 2.31. The zero-order valence-electron chi connectivity index (χ0n) is 70.6. The van der Waals surface area contributed by atoms with Crippen molar-refractivity contribution in [3.8, 4) is 0 Å². The highest BCUT2D eigenvalue weighted by Crippen LogP contribution is 2.45. The van der Waals surface area contributed by atoms with Crippen LogP contribution in [0.15, 0.2) is 0 Å². The predicted octanol–water partition coefficient (Wildman–Crippen LogP) is 26.9. The van der Waals surface area contributed by atoms with E-state index in [0.717, 1.165) is 108 Å². The first-order valence-electron chi connectivity index (χ1n) is 45.4. The van der Waals surface area contributed by atoms with Gasteiger partial charge in [0.15, 0.2) is 12.2 Å². The van der Waals surface area contributed by atoms with Crippen molar-refractivity contribution in [2.24, 2.45) is 17.8 Å². The first kappa shape index (κ1) is 105. The molecule has 19 heteroatoms. The van der Waals surface area contributed by atoms with Crippen molar-refractivity contribution in [3.05, 3.63) is 0 Å². The first-order chi connectivity index (χ1) is 51.8. The molecule has 0 saturated heterocycles. The van der Waals surface area contributed by atoms with E-state index in [0.29, 0.717) is 31.6 Å². The number of esters is 4. The average Bonchev–Trinajstić information content (AvgIpc) is 0.901. The maximum absolute atomic E-state index is 13.2. The Hall–Kier alpha value is -1.94. The van der Waals surface area contributed by atoms with Crippen LogP contribution < -0.4 is 0 Å². The van der Waals surface area contributed by atoms with E-state index in [4.69, 9.17) is 37.0 Å². The van der Waals surface area contributed by atoms with Crippen molar-refractivity contribution in [1.29, 1.82) is 0 Å². The number of phosphoric ester groups is 2. The number of aliphatic hydroxyl groups excluding tert-OH is 1. The lowest BCUT2D eigenvalue weighted by Gasteiger charge is -2.21. The highest BCUT2D eigenvalue weighted by molar-refractivity contribution is 7.47. The molecule has 0 rings (SSSR count). The minimum Gasteiger partial charge on any atom is -0.462 e. The summed E-state index contributed by atoms with van der Waals surface area (Å²) in [5, 5.41) is 10.7. The van der Waals surface area contributed by atoms with Crippen LogP contribution in [-0.2, 0) is 65.4 Å². The number of phosphoric acid groups is 2.